The van der Waals surface area contributed by atoms with Crippen LogP contribution in [0, 0.1) is 13.8 Å². The molecule has 0 bridgehead atoms. The van der Waals surface area contributed by atoms with E-state index < -0.39 is 5.97 Å². The van der Waals surface area contributed by atoms with E-state index in [0.717, 1.165) is 22.3 Å². The SMILES string of the molecule is CCOC(=O)c1nn(Cc2ncnc(OCCOC)c2C)c2cc(C)cnc12. The number of carbonyl (C=O) groups is 1. The van der Waals surface area contributed by atoms with E-state index in [4.69, 9.17) is 14.2 Å². The maximum Gasteiger partial charge on any atom is 0.361 e. The van der Waals surface area contributed by atoms with Gasteiger partial charge in [-0.05, 0) is 32.4 Å². The zero-order chi connectivity index (χ0) is 20.1. The largest absolute Gasteiger partial charge is 0.475 e. The van der Waals surface area contributed by atoms with Gasteiger partial charge in [-0.15, -0.1) is 0 Å². The number of esters is 1. The molecule has 0 saturated carbocycles. The van der Waals surface area contributed by atoms with E-state index in [1.165, 1.54) is 6.33 Å². The number of carbonyl (C=O) groups excluding carboxylic acids is 1. The quantitative estimate of drug-likeness (QED) is 0.429. The molecule has 0 aliphatic carbocycles. The first-order valence-corrected chi connectivity index (χ1v) is 8.97. The topological polar surface area (TPSA) is 101 Å². The fourth-order valence-corrected chi connectivity index (χ4v) is 2.75. The second-order valence-electron chi connectivity index (χ2n) is 6.20. The average Bonchev–Trinajstić information content (AvgIpc) is 3.03. The molecule has 3 aromatic rings. The molecule has 0 spiro atoms. The Morgan fingerprint density at radius 2 is 2.00 bits per heavy atom. The Kier molecular flexibility index (Phi) is 6.15. The lowest BCUT2D eigenvalue weighted by atomic mass is 10.2. The second kappa shape index (κ2) is 8.75. The molecule has 9 nitrogen and oxygen atoms in total. The summed E-state index contributed by atoms with van der Waals surface area (Å²) in [6.45, 7) is 7.06. The minimum absolute atomic E-state index is 0.195. The lowest BCUT2D eigenvalue weighted by molar-refractivity contribution is 0.0520. The van der Waals surface area contributed by atoms with E-state index in [1.54, 1.807) is 24.9 Å². The van der Waals surface area contributed by atoms with E-state index in [1.807, 2.05) is 19.9 Å². The van der Waals surface area contributed by atoms with Gasteiger partial charge in [-0.1, -0.05) is 0 Å². The Bertz CT molecular complexity index is 986. The van der Waals surface area contributed by atoms with Crippen molar-refractivity contribution < 1.29 is 19.0 Å². The van der Waals surface area contributed by atoms with Crippen molar-refractivity contribution in [3.8, 4) is 5.88 Å². The van der Waals surface area contributed by atoms with Crippen molar-refractivity contribution in [1.29, 1.82) is 0 Å². The van der Waals surface area contributed by atoms with E-state index in [0.29, 0.717) is 31.2 Å². The molecule has 3 heterocycles. The van der Waals surface area contributed by atoms with Gasteiger partial charge in [0.1, 0.15) is 18.5 Å². The van der Waals surface area contributed by atoms with Gasteiger partial charge in [0, 0.05) is 18.9 Å². The molecule has 0 fully saturated rings. The Labute approximate surface area is 162 Å². The van der Waals surface area contributed by atoms with Crippen LogP contribution < -0.4 is 4.74 Å². The Balaban J connectivity index is 1.97. The maximum absolute atomic E-state index is 12.3. The first-order chi connectivity index (χ1) is 13.5. The second-order valence-corrected chi connectivity index (χ2v) is 6.20. The fraction of sp³-hybridized carbons (Fsp3) is 0.421. The summed E-state index contributed by atoms with van der Waals surface area (Å²) in [7, 11) is 1.61. The van der Waals surface area contributed by atoms with Gasteiger partial charge in [-0.2, -0.15) is 5.10 Å². The Morgan fingerprint density at radius 1 is 1.18 bits per heavy atom. The molecule has 0 aliphatic heterocycles. The highest BCUT2D eigenvalue weighted by Gasteiger charge is 2.21. The third-order valence-corrected chi connectivity index (χ3v) is 4.16. The van der Waals surface area contributed by atoms with Gasteiger partial charge in [0.2, 0.25) is 5.88 Å². The minimum atomic E-state index is -0.495. The van der Waals surface area contributed by atoms with Crippen LogP contribution in [0.2, 0.25) is 0 Å². The maximum atomic E-state index is 12.3. The molecular formula is C19H23N5O4. The van der Waals surface area contributed by atoms with Crippen LogP contribution in [0.25, 0.3) is 11.0 Å². The Morgan fingerprint density at radius 3 is 2.75 bits per heavy atom. The molecule has 3 rings (SSSR count). The number of hydrogen-bond acceptors (Lipinski definition) is 8. The lowest BCUT2D eigenvalue weighted by Crippen LogP contribution is -2.11. The van der Waals surface area contributed by atoms with Crippen LogP contribution in [-0.2, 0) is 16.0 Å². The number of rotatable bonds is 8. The van der Waals surface area contributed by atoms with Crippen molar-refractivity contribution in [1.82, 2.24) is 24.7 Å². The summed E-state index contributed by atoms with van der Waals surface area (Å²) in [5.41, 5.74) is 3.95. The fourth-order valence-electron chi connectivity index (χ4n) is 2.75. The molecule has 0 atom stereocenters. The summed E-state index contributed by atoms with van der Waals surface area (Å²) in [6, 6.07) is 1.94. The van der Waals surface area contributed by atoms with Gasteiger partial charge in [0.25, 0.3) is 0 Å². The standard InChI is InChI=1S/C19H23N5O4/c1-5-27-19(25)17-16-15(8-12(2)9-20-16)24(23-17)10-14-13(3)18(22-11-21-14)28-7-6-26-4/h8-9,11H,5-7,10H2,1-4H3. The van der Waals surface area contributed by atoms with Crippen LogP contribution in [0.1, 0.15) is 34.2 Å². The first kappa shape index (κ1) is 19.7. The first-order valence-electron chi connectivity index (χ1n) is 8.97. The smallest absolute Gasteiger partial charge is 0.361 e. The highest BCUT2D eigenvalue weighted by atomic mass is 16.5. The zero-order valence-corrected chi connectivity index (χ0v) is 16.4. The van der Waals surface area contributed by atoms with Crippen LogP contribution in [0.3, 0.4) is 0 Å². The third-order valence-electron chi connectivity index (χ3n) is 4.16. The molecule has 0 saturated heterocycles. The molecular weight excluding hydrogens is 362 g/mol. The van der Waals surface area contributed by atoms with Crippen LogP contribution in [0.15, 0.2) is 18.6 Å². The zero-order valence-electron chi connectivity index (χ0n) is 16.4. The molecule has 0 N–H and O–H groups in total. The van der Waals surface area contributed by atoms with Gasteiger partial charge in [0.15, 0.2) is 5.69 Å². The summed E-state index contributed by atoms with van der Waals surface area (Å²) in [5.74, 6) is 0.00374. The summed E-state index contributed by atoms with van der Waals surface area (Å²) in [4.78, 5) is 25.2. The number of aryl methyl sites for hydroxylation is 1. The van der Waals surface area contributed by atoms with Gasteiger partial charge < -0.3 is 14.2 Å². The normalized spacial score (nSPS) is 11.0. The van der Waals surface area contributed by atoms with Crippen molar-refractivity contribution >= 4 is 17.0 Å². The van der Waals surface area contributed by atoms with E-state index >= 15 is 0 Å². The van der Waals surface area contributed by atoms with Gasteiger partial charge in [-0.25, -0.2) is 14.8 Å². The van der Waals surface area contributed by atoms with Crippen molar-refractivity contribution in [2.45, 2.75) is 27.3 Å². The number of ether oxygens (including phenoxy) is 3. The third kappa shape index (κ3) is 4.09. The predicted molar refractivity (Wildman–Crippen MR) is 101 cm³/mol. The van der Waals surface area contributed by atoms with Gasteiger partial charge >= 0.3 is 5.97 Å². The van der Waals surface area contributed by atoms with E-state index in [-0.39, 0.29) is 12.3 Å². The predicted octanol–water partition coefficient (Wildman–Crippen LogP) is 2.09. The van der Waals surface area contributed by atoms with E-state index in [2.05, 4.69) is 20.1 Å². The number of hydrogen-bond donors (Lipinski definition) is 0. The Hall–Kier alpha value is -3.07. The molecule has 3 aromatic heterocycles. The lowest BCUT2D eigenvalue weighted by Gasteiger charge is -2.11. The number of methoxy groups -OCH3 is 1. The molecule has 0 amide bonds. The minimum Gasteiger partial charge on any atom is -0.475 e. The summed E-state index contributed by atoms with van der Waals surface area (Å²) < 4.78 is 17.5. The highest BCUT2D eigenvalue weighted by molar-refractivity contribution is 6.00. The van der Waals surface area contributed by atoms with Crippen molar-refractivity contribution in [3.05, 3.63) is 41.1 Å². The highest BCUT2D eigenvalue weighted by Crippen LogP contribution is 2.22. The van der Waals surface area contributed by atoms with Crippen LogP contribution in [0.5, 0.6) is 5.88 Å². The number of aromatic nitrogens is 5. The van der Waals surface area contributed by atoms with Crippen molar-refractivity contribution in [2.75, 3.05) is 26.9 Å². The number of fused-ring (bicyclic) bond motifs is 1. The summed E-state index contributed by atoms with van der Waals surface area (Å²) in [6.07, 6.45) is 3.15. The molecule has 28 heavy (non-hydrogen) atoms. The van der Waals surface area contributed by atoms with Crippen molar-refractivity contribution in [2.24, 2.45) is 0 Å². The van der Waals surface area contributed by atoms with Crippen LogP contribution in [-0.4, -0.2) is 57.6 Å². The molecule has 0 unspecified atom stereocenters. The van der Waals surface area contributed by atoms with Gasteiger partial charge in [-0.3, -0.25) is 9.67 Å². The van der Waals surface area contributed by atoms with Crippen molar-refractivity contribution in [3.63, 3.8) is 0 Å². The van der Waals surface area contributed by atoms with Crippen LogP contribution in [0.4, 0.5) is 0 Å². The molecule has 0 aliphatic rings. The average molecular weight is 385 g/mol. The van der Waals surface area contributed by atoms with Gasteiger partial charge in [0.05, 0.1) is 31.0 Å². The molecule has 0 aromatic carbocycles. The van der Waals surface area contributed by atoms with E-state index in [9.17, 15) is 4.79 Å². The van der Waals surface area contributed by atoms with Crippen LogP contribution >= 0.6 is 0 Å². The number of pyridine rings is 1. The summed E-state index contributed by atoms with van der Waals surface area (Å²) in [5, 5.41) is 4.45. The molecule has 0 radical (unpaired) electrons. The molecule has 148 valence electrons. The monoisotopic (exact) mass is 385 g/mol. The number of nitrogens with zero attached hydrogens (tertiary/aromatic N) is 5. The summed E-state index contributed by atoms with van der Waals surface area (Å²) >= 11 is 0. The molecule has 9 heteroatoms.